The summed E-state index contributed by atoms with van der Waals surface area (Å²) >= 11 is 4.47. The molecule has 0 spiro atoms. The largest absolute Gasteiger partial charge is 2.00 e. The van der Waals surface area contributed by atoms with Crippen molar-refractivity contribution in [3.05, 3.63) is 0 Å². The molecule has 5 N–H and O–H groups in total. The molecule has 0 aliphatic heterocycles. The second-order valence-corrected chi connectivity index (χ2v) is 3.91. The molecule has 0 saturated heterocycles. The van der Waals surface area contributed by atoms with Gasteiger partial charge in [-0.15, -0.1) is 0 Å². The van der Waals surface area contributed by atoms with Crippen molar-refractivity contribution >= 4 is 36.3 Å². The molecule has 0 saturated carbocycles. The van der Waals surface area contributed by atoms with Gasteiger partial charge in [-0.25, -0.2) is 0 Å². The molecule has 0 heterocycles. The van der Waals surface area contributed by atoms with Crippen molar-refractivity contribution in [1.29, 1.82) is 0 Å². The zero-order chi connectivity index (χ0) is 14.7. The Morgan fingerprint density at radius 2 is 1.38 bits per heavy atom. The smallest absolute Gasteiger partial charge is 0.239 e. The van der Waals surface area contributed by atoms with Crippen LogP contribution in [0, 0.1) is 0 Å². The molecule has 21 heavy (non-hydrogen) atoms. The fourth-order valence-corrected chi connectivity index (χ4v) is 1.13. The SMILES string of the molecule is NC(=O)CCCNC(=O)CNC(=O)CNC(=O)C[S-].[O-2].[Re]. The average Bonchev–Trinajstić information content (AvgIpc) is 2.38. The summed E-state index contributed by atoms with van der Waals surface area (Å²) in [6.07, 6.45) is 0.643. The number of amides is 4. The number of carbonyl (C=O) groups is 4. The van der Waals surface area contributed by atoms with Gasteiger partial charge in [-0.3, -0.25) is 19.2 Å². The van der Waals surface area contributed by atoms with Gasteiger partial charge in [0.2, 0.25) is 17.7 Å². The molecule has 0 aliphatic rings. The molecule has 0 unspecified atom stereocenters. The molecule has 11 heteroatoms. The summed E-state index contributed by atoms with van der Waals surface area (Å²) in [4.78, 5) is 43.6. The molecule has 0 aliphatic carbocycles. The Morgan fingerprint density at radius 3 is 1.86 bits per heavy atom. The molecule has 0 aromatic heterocycles. The number of hydrogen-bond donors (Lipinski definition) is 4. The Kier molecular flexibility index (Phi) is 18.0. The first-order chi connectivity index (χ1) is 8.95. The fourth-order valence-electron chi connectivity index (χ4n) is 1.02. The van der Waals surface area contributed by atoms with Crippen LogP contribution in [0.1, 0.15) is 12.8 Å². The van der Waals surface area contributed by atoms with Crippen LogP contribution in [-0.4, -0.2) is 49.0 Å². The van der Waals surface area contributed by atoms with Gasteiger partial charge in [-0.1, -0.05) is 5.75 Å². The molecule has 0 aromatic rings. The molecule has 1 radical (unpaired) electrons. The molecule has 0 atom stereocenters. The Morgan fingerprint density at radius 1 is 0.905 bits per heavy atom. The maximum Gasteiger partial charge on any atom is 0.239 e. The predicted molar refractivity (Wildman–Crippen MR) is 70.4 cm³/mol. The van der Waals surface area contributed by atoms with Gasteiger partial charge >= 0.3 is 0 Å². The third-order valence-corrected chi connectivity index (χ3v) is 2.21. The van der Waals surface area contributed by atoms with E-state index in [-0.39, 0.29) is 57.1 Å². The molecular formula is C10H17N4O5ReS-3. The third kappa shape index (κ3) is 16.8. The monoisotopic (exact) mass is 492 g/mol. The van der Waals surface area contributed by atoms with Gasteiger partial charge in [0.1, 0.15) is 0 Å². The zero-order valence-electron chi connectivity index (χ0n) is 11.1. The van der Waals surface area contributed by atoms with Gasteiger partial charge in [0, 0.05) is 33.4 Å². The van der Waals surface area contributed by atoms with Crippen LogP contribution in [0.25, 0.3) is 0 Å². The summed E-state index contributed by atoms with van der Waals surface area (Å²) in [5, 5.41) is 7.11. The third-order valence-electron chi connectivity index (χ3n) is 1.95. The number of hydrogen-bond acceptors (Lipinski definition) is 5. The summed E-state index contributed by atoms with van der Waals surface area (Å²) < 4.78 is 0. The van der Waals surface area contributed by atoms with Crippen LogP contribution in [0.3, 0.4) is 0 Å². The van der Waals surface area contributed by atoms with E-state index >= 15 is 0 Å². The number of nitrogens with one attached hydrogen (secondary N) is 3. The minimum absolute atomic E-state index is 0. The predicted octanol–water partition coefficient (Wildman–Crippen LogP) is -2.97. The van der Waals surface area contributed by atoms with E-state index in [0.29, 0.717) is 13.0 Å². The van der Waals surface area contributed by atoms with Gasteiger partial charge in [-0.2, -0.15) is 0 Å². The van der Waals surface area contributed by atoms with Crippen molar-refractivity contribution in [2.75, 3.05) is 25.4 Å². The number of rotatable bonds is 9. The summed E-state index contributed by atoms with van der Waals surface area (Å²) in [5.41, 5.74) is 4.93. The fraction of sp³-hybridized carbons (Fsp3) is 0.600. The average molecular weight is 492 g/mol. The van der Waals surface area contributed by atoms with Crippen molar-refractivity contribution < 1.29 is 45.1 Å². The molecule has 0 bridgehead atoms. The summed E-state index contributed by atoms with van der Waals surface area (Å²) in [7, 11) is 0. The van der Waals surface area contributed by atoms with E-state index in [1.807, 2.05) is 0 Å². The van der Waals surface area contributed by atoms with Crippen molar-refractivity contribution in [1.82, 2.24) is 16.0 Å². The van der Waals surface area contributed by atoms with Crippen LogP contribution in [0.2, 0.25) is 0 Å². The Balaban J connectivity index is -0.00000162. The molecule has 9 nitrogen and oxygen atoms in total. The van der Waals surface area contributed by atoms with E-state index in [1.165, 1.54) is 0 Å². The first-order valence-corrected chi connectivity index (χ1v) is 6.20. The maximum atomic E-state index is 11.2. The Labute approximate surface area is 141 Å². The molecule has 4 amide bonds. The molecular weight excluding hydrogens is 474 g/mol. The van der Waals surface area contributed by atoms with Gasteiger partial charge in [0.25, 0.3) is 0 Å². The van der Waals surface area contributed by atoms with E-state index in [2.05, 4.69) is 28.6 Å². The molecule has 0 fully saturated rings. The van der Waals surface area contributed by atoms with Crippen LogP contribution in [0.4, 0.5) is 0 Å². The minimum Gasteiger partial charge on any atom is -2.00 e. The second-order valence-electron chi connectivity index (χ2n) is 3.62. The number of carbonyl (C=O) groups excluding carboxylic acids is 4. The standard InChI is InChI=1S/C10H18N4O4S.O.Re/c11-7(15)2-1-3-12-8(16)4-13-9(17)5-14-10(18)6-19;;/h19H,1-6H2,(H2,11,15)(H,12,16)(H,13,17)(H,14,18);;/q;-2;/p-1. The van der Waals surface area contributed by atoms with E-state index < -0.39 is 17.7 Å². The van der Waals surface area contributed by atoms with Crippen molar-refractivity contribution in [2.45, 2.75) is 12.8 Å². The summed E-state index contributed by atoms with van der Waals surface area (Å²) in [5.74, 6) is -1.83. The van der Waals surface area contributed by atoms with Crippen LogP contribution < -0.4 is 21.7 Å². The number of primary amides is 1. The van der Waals surface area contributed by atoms with Crippen LogP contribution in [0.15, 0.2) is 0 Å². The quantitative estimate of drug-likeness (QED) is 0.200. The summed E-state index contributed by atoms with van der Waals surface area (Å²) in [6.45, 7) is -0.103. The first kappa shape index (κ1) is 24.8. The van der Waals surface area contributed by atoms with Gasteiger partial charge in [0.05, 0.1) is 13.1 Å². The molecule has 0 rings (SSSR count). The van der Waals surface area contributed by atoms with Gasteiger partial charge in [-0.05, 0) is 6.42 Å². The van der Waals surface area contributed by atoms with Crippen LogP contribution in [0.5, 0.6) is 0 Å². The maximum absolute atomic E-state index is 11.2. The summed E-state index contributed by atoms with van der Waals surface area (Å²) in [6, 6.07) is 0. The Bertz CT molecular complexity index is 356. The molecule has 123 valence electrons. The van der Waals surface area contributed by atoms with E-state index in [1.54, 1.807) is 0 Å². The minimum atomic E-state index is -0.482. The van der Waals surface area contributed by atoms with Crippen LogP contribution >= 0.6 is 0 Å². The molecule has 0 aromatic carbocycles. The van der Waals surface area contributed by atoms with E-state index in [9.17, 15) is 19.2 Å². The zero-order valence-corrected chi connectivity index (χ0v) is 14.7. The van der Waals surface area contributed by atoms with Crippen molar-refractivity contribution in [3.63, 3.8) is 0 Å². The topological polar surface area (TPSA) is 159 Å². The Hall–Kier alpha value is -1.15. The van der Waals surface area contributed by atoms with Crippen molar-refractivity contribution in [3.8, 4) is 0 Å². The van der Waals surface area contributed by atoms with E-state index in [0.717, 1.165) is 0 Å². The normalized spacial score (nSPS) is 8.62. The van der Waals surface area contributed by atoms with Crippen LogP contribution in [-0.2, 0) is 57.7 Å². The van der Waals surface area contributed by atoms with E-state index in [4.69, 9.17) is 5.73 Å². The first-order valence-electron chi connectivity index (χ1n) is 5.62. The van der Waals surface area contributed by atoms with Crippen molar-refractivity contribution in [2.24, 2.45) is 5.73 Å². The van der Waals surface area contributed by atoms with Gasteiger partial charge < -0.3 is 39.8 Å². The second kappa shape index (κ2) is 15.2. The van der Waals surface area contributed by atoms with Gasteiger partial charge in [0.15, 0.2) is 5.91 Å². The number of nitrogens with two attached hydrogens (primary N) is 1.